The lowest BCUT2D eigenvalue weighted by molar-refractivity contribution is 0.485. The second-order valence-electron chi connectivity index (χ2n) is 5.01. The normalized spacial score (nSPS) is 12.8. The molecule has 0 aliphatic carbocycles. The van der Waals surface area contributed by atoms with Crippen LogP contribution in [-0.4, -0.2) is 14.0 Å². The van der Waals surface area contributed by atoms with Crippen molar-refractivity contribution in [2.75, 3.05) is 5.73 Å². The predicted octanol–water partition coefficient (Wildman–Crippen LogP) is 1.79. The standard InChI is InChI=1S/C11H17FN2O2S/c1-7-5-8(13)6-9(10(7)12)17(15,16)14-11(2,3)4/h5-6,14H,13H2,1-4H3. The van der Waals surface area contributed by atoms with E-state index in [4.69, 9.17) is 5.73 Å². The van der Waals surface area contributed by atoms with Crippen LogP contribution in [0.25, 0.3) is 0 Å². The molecule has 0 atom stereocenters. The van der Waals surface area contributed by atoms with Gasteiger partial charge in [-0.05, 0) is 45.4 Å². The molecule has 0 fully saturated rings. The van der Waals surface area contributed by atoms with Crippen molar-refractivity contribution in [2.24, 2.45) is 0 Å². The first-order chi connectivity index (χ1) is 7.53. The Hall–Kier alpha value is -1.14. The molecule has 17 heavy (non-hydrogen) atoms. The van der Waals surface area contributed by atoms with Gasteiger partial charge in [0.25, 0.3) is 0 Å². The molecule has 0 spiro atoms. The zero-order valence-corrected chi connectivity index (χ0v) is 11.2. The number of sulfonamides is 1. The highest BCUT2D eigenvalue weighted by molar-refractivity contribution is 7.89. The van der Waals surface area contributed by atoms with Crippen LogP contribution in [0, 0.1) is 12.7 Å². The molecule has 0 radical (unpaired) electrons. The molecule has 0 amide bonds. The van der Waals surface area contributed by atoms with E-state index in [0.29, 0.717) is 0 Å². The molecule has 6 heteroatoms. The fourth-order valence-corrected chi connectivity index (χ4v) is 3.02. The van der Waals surface area contributed by atoms with E-state index in [9.17, 15) is 12.8 Å². The van der Waals surface area contributed by atoms with Crippen molar-refractivity contribution in [1.82, 2.24) is 4.72 Å². The lowest BCUT2D eigenvalue weighted by Gasteiger charge is -2.21. The van der Waals surface area contributed by atoms with E-state index in [1.807, 2.05) is 0 Å². The Bertz CT molecular complexity index is 533. The van der Waals surface area contributed by atoms with Gasteiger partial charge in [-0.3, -0.25) is 0 Å². The summed E-state index contributed by atoms with van der Waals surface area (Å²) in [4.78, 5) is -0.412. The molecule has 0 aliphatic heterocycles. The summed E-state index contributed by atoms with van der Waals surface area (Å²) in [7, 11) is -3.90. The van der Waals surface area contributed by atoms with Crippen molar-refractivity contribution >= 4 is 15.7 Å². The molecule has 0 heterocycles. The second kappa shape index (κ2) is 4.27. The largest absolute Gasteiger partial charge is 0.399 e. The summed E-state index contributed by atoms with van der Waals surface area (Å²) in [6.45, 7) is 6.52. The lowest BCUT2D eigenvalue weighted by Crippen LogP contribution is -2.40. The molecule has 0 bridgehead atoms. The van der Waals surface area contributed by atoms with E-state index in [1.54, 1.807) is 20.8 Å². The number of nitrogens with two attached hydrogens (primary N) is 1. The van der Waals surface area contributed by atoms with E-state index in [2.05, 4.69) is 4.72 Å². The maximum absolute atomic E-state index is 13.8. The average molecular weight is 260 g/mol. The molecule has 0 aliphatic rings. The quantitative estimate of drug-likeness (QED) is 0.796. The zero-order chi connectivity index (χ0) is 13.4. The van der Waals surface area contributed by atoms with Crippen LogP contribution in [0.15, 0.2) is 17.0 Å². The molecular formula is C11H17FN2O2S. The van der Waals surface area contributed by atoms with Crippen molar-refractivity contribution in [2.45, 2.75) is 38.1 Å². The predicted molar refractivity (Wildman–Crippen MR) is 65.6 cm³/mol. The van der Waals surface area contributed by atoms with Gasteiger partial charge in [0.2, 0.25) is 10.0 Å². The van der Waals surface area contributed by atoms with E-state index < -0.39 is 26.3 Å². The van der Waals surface area contributed by atoms with Gasteiger partial charge in [0.05, 0.1) is 0 Å². The fraction of sp³-hybridized carbons (Fsp3) is 0.455. The van der Waals surface area contributed by atoms with E-state index in [-0.39, 0.29) is 11.3 Å². The summed E-state index contributed by atoms with van der Waals surface area (Å²) in [6.07, 6.45) is 0. The van der Waals surface area contributed by atoms with Gasteiger partial charge in [-0.25, -0.2) is 17.5 Å². The fourth-order valence-electron chi connectivity index (χ4n) is 1.42. The topological polar surface area (TPSA) is 72.2 Å². The maximum Gasteiger partial charge on any atom is 0.244 e. The van der Waals surface area contributed by atoms with Gasteiger partial charge in [0.1, 0.15) is 10.7 Å². The lowest BCUT2D eigenvalue weighted by atomic mass is 10.1. The van der Waals surface area contributed by atoms with Crippen LogP contribution in [0.3, 0.4) is 0 Å². The molecule has 0 saturated heterocycles. The van der Waals surface area contributed by atoms with E-state index in [1.165, 1.54) is 13.0 Å². The Morgan fingerprint density at radius 3 is 2.29 bits per heavy atom. The summed E-state index contributed by atoms with van der Waals surface area (Å²) in [5, 5.41) is 0. The molecule has 3 N–H and O–H groups in total. The highest BCUT2D eigenvalue weighted by atomic mass is 32.2. The first kappa shape index (κ1) is 13.9. The van der Waals surface area contributed by atoms with E-state index >= 15 is 0 Å². The van der Waals surface area contributed by atoms with Gasteiger partial charge >= 0.3 is 0 Å². The monoisotopic (exact) mass is 260 g/mol. The van der Waals surface area contributed by atoms with Crippen LogP contribution in [0.5, 0.6) is 0 Å². The molecule has 1 aromatic carbocycles. The van der Waals surface area contributed by atoms with E-state index in [0.717, 1.165) is 6.07 Å². The number of hydrogen-bond acceptors (Lipinski definition) is 3. The summed E-state index contributed by atoms with van der Waals surface area (Å²) < 4.78 is 40.1. The number of benzene rings is 1. The second-order valence-corrected chi connectivity index (χ2v) is 6.66. The third-order valence-electron chi connectivity index (χ3n) is 1.97. The van der Waals surface area contributed by atoms with Gasteiger partial charge < -0.3 is 5.73 Å². The van der Waals surface area contributed by atoms with Crippen LogP contribution in [-0.2, 0) is 10.0 Å². The average Bonchev–Trinajstić information content (AvgIpc) is 2.06. The van der Waals surface area contributed by atoms with Crippen molar-refractivity contribution in [3.8, 4) is 0 Å². The zero-order valence-electron chi connectivity index (χ0n) is 10.3. The number of halogens is 1. The number of rotatable bonds is 2. The van der Waals surface area contributed by atoms with Crippen LogP contribution >= 0.6 is 0 Å². The molecular weight excluding hydrogens is 243 g/mol. The molecule has 96 valence electrons. The Labute approximate surface area is 101 Å². The minimum absolute atomic E-state index is 0.208. The van der Waals surface area contributed by atoms with Crippen molar-refractivity contribution in [3.05, 3.63) is 23.5 Å². The Balaban J connectivity index is 3.34. The summed E-state index contributed by atoms with van der Waals surface area (Å²) in [6, 6.07) is 2.52. The van der Waals surface area contributed by atoms with Crippen molar-refractivity contribution in [3.63, 3.8) is 0 Å². The van der Waals surface area contributed by atoms with Gasteiger partial charge in [0.15, 0.2) is 0 Å². The summed E-state index contributed by atoms with van der Waals surface area (Å²) >= 11 is 0. The number of anilines is 1. The number of aryl methyl sites for hydroxylation is 1. The van der Waals surface area contributed by atoms with Gasteiger partial charge in [-0.2, -0.15) is 0 Å². The molecule has 4 nitrogen and oxygen atoms in total. The third kappa shape index (κ3) is 3.41. The van der Waals surface area contributed by atoms with Crippen molar-refractivity contribution < 1.29 is 12.8 Å². The third-order valence-corrected chi connectivity index (χ3v) is 3.73. The van der Waals surface area contributed by atoms with Gasteiger partial charge in [-0.1, -0.05) is 0 Å². The minimum Gasteiger partial charge on any atom is -0.399 e. The first-order valence-corrected chi connectivity index (χ1v) is 6.61. The number of nitrogens with one attached hydrogen (secondary N) is 1. The Morgan fingerprint density at radius 1 is 1.29 bits per heavy atom. The minimum atomic E-state index is -3.90. The summed E-state index contributed by atoms with van der Waals surface area (Å²) in [5.74, 6) is -0.768. The first-order valence-electron chi connectivity index (χ1n) is 5.12. The highest BCUT2D eigenvalue weighted by Crippen LogP contribution is 2.22. The molecule has 1 aromatic rings. The summed E-state index contributed by atoms with van der Waals surface area (Å²) in [5.41, 5.74) is 5.28. The molecule has 1 rings (SSSR count). The van der Waals surface area contributed by atoms with Gasteiger partial charge in [0, 0.05) is 11.2 Å². The SMILES string of the molecule is Cc1cc(N)cc(S(=O)(=O)NC(C)(C)C)c1F. The Morgan fingerprint density at radius 2 is 1.82 bits per heavy atom. The van der Waals surface area contributed by atoms with Crippen LogP contribution in [0.1, 0.15) is 26.3 Å². The van der Waals surface area contributed by atoms with Gasteiger partial charge in [-0.15, -0.1) is 0 Å². The van der Waals surface area contributed by atoms with Crippen LogP contribution in [0.4, 0.5) is 10.1 Å². The molecule has 0 unspecified atom stereocenters. The highest BCUT2D eigenvalue weighted by Gasteiger charge is 2.26. The molecule has 0 aromatic heterocycles. The number of hydrogen-bond donors (Lipinski definition) is 2. The number of nitrogen functional groups attached to an aromatic ring is 1. The van der Waals surface area contributed by atoms with Crippen LogP contribution < -0.4 is 10.5 Å². The Kier molecular flexibility index (Phi) is 3.50. The smallest absolute Gasteiger partial charge is 0.244 e. The van der Waals surface area contributed by atoms with Crippen LogP contribution in [0.2, 0.25) is 0 Å². The van der Waals surface area contributed by atoms with Crippen molar-refractivity contribution in [1.29, 1.82) is 0 Å². The molecule has 0 saturated carbocycles. The maximum atomic E-state index is 13.8.